The smallest absolute Gasteiger partial charge is 0.366 e. The zero-order valence-electron chi connectivity index (χ0n) is 15.6. The first kappa shape index (κ1) is 19.7. The first-order chi connectivity index (χ1) is 14.4. The number of aromatic nitrogens is 3. The number of halogens is 4. The molecule has 0 saturated carbocycles. The van der Waals surface area contributed by atoms with Crippen molar-refractivity contribution in [1.82, 2.24) is 15.0 Å². The summed E-state index contributed by atoms with van der Waals surface area (Å²) in [4.78, 5) is 4.50. The number of nitriles is 1. The molecule has 154 valence electrons. The maximum Gasteiger partial charge on any atom is 0.418 e. The Balaban J connectivity index is 1.60. The number of hydrogen-bond donors (Lipinski definition) is 0. The summed E-state index contributed by atoms with van der Waals surface area (Å²) in [7, 11) is 0. The van der Waals surface area contributed by atoms with Gasteiger partial charge in [0.15, 0.2) is 5.82 Å². The number of piperazine rings is 1. The second-order valence-electron chi connectivity index (χ2n) is 6.71. The van der Waals surface area contributed by atoms with Crippen LogP contribution in [0, 0.1) is 17.1 Å². The Morgan fingerprint density at radius 1 is 0.833 bits per heavy atom. The summed E-state index contributed by atoms with van der Waals surface area (Å²) in [5.74, 6) is -0.110. The maximum atomic E-state index is 14.0. The summed E-state index contributed by atoms with van der Waals surface area (Å²) in [6.07, 6.45) is -4.58. The van der Waals surface area contributed by atoms with E-state index in [2.05, 4.69) is 10.2 Å². The molecule has 2 aromatic carbocycles. The number of para-hydroxylation sites is 2. The normalized spacial score (nSPS) is 14.6. The van der Waals surface area contributed by atoms with Crippen molar-refractivity contribution in [3.63, 3.8) is 0 Å². The van der Waals surface area contributed by atoms with E-state index >= 15 is 0 Å². The fraction of sp³-hybridized carbons (Fsp3) is 0.250. The molecule has 0 amide bonds. The van der Waals surface area contributed by atoms with E-state index in [1.165, 1.54) is 24.3 Å². The Morgan fingerprint density at radius 3 is 2.07 bits per heavy atom. The van der Waals surface area contributed by atoms with Crippen molar-refractivity contribution in [2.24, 2.45) is 0 Å². The van der Waals surface area contributed by atoms with E-state index in [9.17, 15) is 22.8 Å². The Bertz CT molecular complexity index is 1090. The Kier molecular flexibility index (Phi) is 5.03. The minimum Gasteiger partial charge on any atom is -0.366 e. The second kappa shape index (κ2) is 7.67. The molecule has 1 aliphatic rings. The summed E-state index contributed by atoms with van der Waals surface area (Å²) in [5.41, 5.74) is -0.718. The van der Waals surface area contributed by atoms with E-state index in [4.69, 9.17) is 0 Å². The zero-order chi connectivity index (χ0) is 21.3. The van der Waals surface area contributed by atoms with E-state index in [0.29, 0.717) is 31.9 Å². The van der Waals surface area contributed by atoms with Gasteiger partial charge in [-0.05, 0) is 24.3 Å². The van der Waals surface area contributed by atoms with Crippen LogP contribution < -0.4 is 9.80 Å². The molecule has 3 aromatic rings. The van der Waals surface area contributed by atoms with Crippen LogP contribution in [-0.4, -0.2) is 41.2 Å². The van der Waals surface area contributed by atoms with Gasteiger partial charge in [0.2, 0.25) is 5.69 Å². The van der Waals surface area contributed by atoms with Crippen LogP contribution >= 0.6 is 0 Å². The van der Waals surface area contributed by atoms with Crippen LogP contribution in [0.15, 0.2) is 48.5 Å². The van der Waals surface area contributed by atoms with E-state index in [-0.39, 0.29) is 23.0 Å². The van der Waals surface area contributed by atoms with E-state index in [1.807, 2.05) is 11.0 Å². The molecule has 30 heavy (non-hydrogen) atoms. The molecule has 1 aliphatic heterocycles. The van der Waals surface area contributed by atoms with Crippen molar-refractivity contribution in [2.75, 3.05) is 36.0 Å². The fourth-order valence-electron chi connectivity index (χ4n) is 3.45. The van der Waals surface area contributed by atoms with Crippen molar-refractivity contribution in [3.8, 4) is 11.8 Å². The third-order valence-corrected chi connectivity index (χ3v) is 4.90. The maximum absolute atomic E-state index is 14.0. The molecule has 4 rings (SSSR count). The van der Waals surface area contributed by atoms with Crippen molar-refractivity contribution in [1.29, 1.82) is 5.26 Å². The summed E-state index contributed by atoms with van der Waals surface area (Å²) in [5, 5.41) is 17.6. The molecule has 0 aliphatic carbocycles. The van der Waals surface area contributed by atoms with Crippen molar-refractivity contribution < 1.29 is 17.6 Å². The minimum absolute atomic E-state index is 0.0636. The summed E-state index contributed by atoms with van der Waals surface area (Å²) in [6, 6.07) is 13.3. The molecule has 1 saturated heterocycles. The molecule has 0 spiro atoms. The van der Waals surface area contributed by atoms with Crippen molar-refractivity contribution in [3.05, 3.63) is 65.6 Å². The van der Waals surface area contributed by atoms with Gasteiger partial charge in [0.05, 0.1) is 16.9 Å². The highest BCUT2D eigenvalue weighted by molar-refractivity contribution is 5.54. The molecule has 2 heterocycles. The molecule has 0 radical (unpaired) electrons. The molecule has 0 atom stereocenters. The van der Waals surface area contributed by atoms with Crippen LogP contribution in [0.2, 0.25) is 0 Å². The van der Waals surface area contributed by atoms with Gasteiger partial charge in [-0.3, -0.25) is 0 Å². The molecule has 1 fully saturated rings. The van der Waals surface area contributed by atoms with Crippen molar-refractivity contribution >= 4 is 11.5 Å². The van der Waals surface area contributed by atoms with Crippen LogP contribution in [0.1, 0.15) is 11.3 Å². The Hall–Kier alpha value is -3.61. The Morgan fingerprint density at radius 2 is 1.43 bits per heavy atom. The number of alkyl halides is 3. The lowest BCUT2D eigenvalue weighted by Gasteiger charge is -2.36. The number of benzene rings is 2. The number of anilines is 2. The number of rotatable bonds is 3. The van der Waals surface area contributed by atoms with Crippen LogP contribution in [0.25, 0.3) is 5.69 Å². The average Bonchev–Trinajstić information content (AvgIpc) is 3.18. The van der Waals surface area contributed by atoms with Gasteiger partial charge in [-0.15, -0.1) is 15.0 Å². The summed E-state index contributed by atoms with van der Waals surface area (Å²) < 4.78 is 54.0. The Labute approximate surface area is 169 Å². The predicted octanol–water partition coefficient (Wildman–Crippen LogP) is 3.62. The van der Waals surface area contributed by atoms with Gasteiger partial charge in [0.25, 0.3) is 0 Å². The summed E-state index contributed by atoms with van der Waals surface area (Å²) >= 11 is 0. The molecule has 0 N–H and O–H groups in total. The average molecular weight is 416 g/mol. The second-order valence-corrected chi connectivity index (χ2v) is 6.71. The molecular weight excluding hydrogens is 400 g/mol. The van der Waals surface area contributed by atoms with Gasteiger partial charge in [-0.25, -0.2) is 4.39 Å². The van der Waals surface area contributed by atoms with E-state index < -0.39 is 11.7 Å². The van der Waals surface area contributed by atoms with E-state index in [0.717, 1.165) is 10.9 Å². The lowest BCUT2D eigenvalue weighted by atomic mass is 10.2. The van der Waals surface area contributed by atoms with Crippen LogP contribution in [0.4, 0.5) is 29.1 Å². The summed E-state index contributed by atoms with van der Waals surface area (Å²) in [6.45, 7) is 1.78. The molecule has 0 unspecified atom stereocenters. The SMILES string of the molecule is N#Cc1nn(-c2ccccc2C(F)(F)F)nc1N1CCN(c2ccccc2F)CC1. The fourth-order valence-corrected chi connectivity index (χ4v) is 3.45. The molecule has 1 aromatic heterocycles. The van der Waals surface area contributed by atoms with Gasteiger partial charge in [-0.2, -0.15) is 18.4 Å². The van der Waals surface area contributed by atoms with E-state index in [1.54, 1.807) is 23.1 Å². The van der Waals surface area contributed by atoms with Gasteiger partial charge >= 0.3 is 6.18 Å². The highest BCUT2D eigenvalue weighted by atomic mass is 19.4. The van der Waals surface area contributed by atoms with Crippen LogP contribution in [-0.2, 0) is 6.18 Å². The largest absolute Gasteiger partial charge is 0.418 e. The standard InChI is InChI=1S/C20H16F4N6/c21-15-6-2-4-8-18(15)28-9-11-29(12-10-28)19-16(13-25)26-30(27-19)17-7-3-1-5-14(17)20(22,23)24/h1-8H,9-12H2. The van der Waals surface area contributed by atoms with Gasteiger partial charge in [0.1, 0.15) is 11.9 Å². The number of nitrogens with zero attached hydrogens (tertiary/aromatic N) is 6. The van der Waals surface area contributed by atoms with Crippen LogP contribution in [0.3, 0.4) is 0 Å². The van der Waals surface area contributed by atoms with Gasteiger partial charge in [-0.1, -0.05) is 24.3 Å². The quantitative estimate of drug-likeness (QED) is 0.611. The highest BCUT2D eigenvalue weighted by Gasteiger charge is 2.35. The van der Waals surface area contributed by atoms with Gasteiger partial charge in [0, 0.05) is 26.2 Å². The topological polar surface area (TPSA) is 61.0 Å². The monoisotopic (exact) mass is 416 g/mol. The van der Waals surface area contributed by atoms with Crippen molar-refractivity contribution in [2.45, 2.75) is 6.18 Å². The lowest BCUT2D eigenvalue weighted by molar-refractivity contribution is -0.137. The lowest BCUT2D eigenvalue weighted by Crippen LogP contribution is -2.47. The molecule has 0 bridgehead atoms. The predicted molar refractivity (Wildman–Crippen MR) is 102 cm³/mol. The van der Waals surface area contributed by atoms with Crippen LogP contribution in [0.5, 0.6) is 0 Å². The highest BCUT2D eigenvalue weighted by Crippen LogP contribution is 2.34. The third kappa shape index (κ3) is 3.66. The number of hydrogen-bond acceptors (Lipinski definition) is 5. The molecular formula is C20H16F4N6. The first-order valence-electron chi connectivity index (χ1n) is 9.17. The third-order valence-electron chi connectivity index (χ3n) is 4.90. The molecule has 10 heteroatoms. The first-order valence-corrected chi connectivity index (χ1v) is 9.17. The molecule has 6 nitrogen and oxygen atoms in total. The zero-order valence-corrected chi connectivity index (χ0v) is 15.6. The minimum atomic E-state index is -4.58. The van der Waals surface area contributed by atoms with Gasteiger partial charge < -0.3 is 9.80 Å².